The quantitative estimate of drug-likeness (QED) is 0.300. The van der Waals surface area contributed by atoms with Gasteiger partial charge in [0.05, 0.1) is 6.42 Å². The molecule has 1 aliphatic rings. The Morgan fingerprint density at radius 1 is 1.47 bits per heavy atom. The zero-order valence-corrected chi connectivity index (χ0v) is 7.83. The summed E-state index contributed by atoms with van der Waals surface area (Å²) in [7, 11) is 0. The number of nitrogens with one attached hydrogen (secondary N) is 3. The molecule has 0 saturated carbocycles. The van der Waals surface area contributed by atoms with Gasteiger partial charge in [-0.05, 0) is 23.8 Å². The summed E-state index contributed by atoms with van der Waals surface area (Å²) in [5, 5.41) is 5.22. The van der Waals surface area contributed by atoms with Gasteiger partial charge in [0.25, 0.3) is 0 Å². The number of rotatable bonds is 1. The number of hydrazine groups is 1. The predicted octanol–water partition coefficient (Wildman–Crippen LogP) is 0.176. The van der Waals surface area contributed by atoms with Gasteiger partial charge < -0.3 is 10.6 Å². The number of amides is 3. The Kier molecular flexibility index (Phi) is 2.26. The highest BCUT2D eigenvalue weighted by atomic mass is 16.2. The number of hydrogen-bond donors (Lipinski definition) is 4. The van der Waals surface area contributed by atoms with Crippen molar-refractivity contribution >= 4 is 23.3 Å². The van der Waals surface area contributed by atoms with Crippen LogP contribution in [0.25, 0.3) is 0 Å². The van der Waals surface area contributed by atoms with E-state index in [0.29, 0.717) is 12.1 Å². The molecule has 2 rings (SSSR count). The lowest BCUT2D eigenvalue weighted by Gasteiger charge is -2.05. The summed E-state index contributed by atoms with van der Waals surface area (Å²) in [6, 6.07) is 4.68. The van der Waals surface area contributed by atoms with Crippen LogP contribution in [0.2, 0.25) is 0 Å². The van der Waals surface area contributed by atoms with Crippen molar-refractivity contribution in [3.8, 4) is 0 Å². The molecule has 1 heterocycles. The average Bonchev–Trinajstić information content (AvgIpc) is 2.57. The Bertz CT molecular complexity index is 430. The molecule has 0 radical (unpaired) electrons. The maximum Gasteiger partial charge on any atom is 0.333 e. The van der Waals surface area contributed by atoms with Crippen molar-refractivity contribution in [3.63, 3.8) is 0 Å². The van der Waals surface area contributed by atoms with E-state index < -0.39 is 6.03 Å². The molecular weight excluding hydrogens is 196 g/mol. The molecule has 1 aromatic rings. The van der Waals surface area contributed by atoms with Crippen LogP contribution in [-0.4, -0.2) is 11.9 Å². The van der Waals surface area contributed by atoms with Crippen molar-refractivity contribution in [3.05, 3.63) is 23.8 Å². The van der Waals surface area contributed by atoms with Gasteiger partial charge in [0.15, 0.2) is 0 Å². The second kappa shape index (κ2) is 3.58. The van der Waals surface area contributed by atoms with Crippen molar-refractivity contribution in [1.82, 2.24) is 5.43 Å². The molecule has 0 spiro atoms. The van der Waals surface area contributed by atoms with E-state index in [4.69, 9.17) is 5.84 Å². The Balaban J connectivity index is 2.20. The molecule has 0 unspecified atom stereocenters. The van der Waals surface area contributed by atoms with E-state index in [-0.39, 0.29) is 5.91 Å². The first-order valence-corrected chi connectivity index (χ1v) is 4.39. The van der Waals surface area contributed by atoms with Gasteiger partial charge >= 0.3 is 6.03 Å². The highest BCUT2D eigenvalue weighted by molar-refractivity contribution is 6.00. The number of benzene rings is 1. The maximum absolute atomic E-state index is 11.1. The van der Waals surface area contributed by atoms with Gasteiger partial charge in [0, 0.05) is 11.4 Å². The smallest absolute Gasteiger partial charge is 0.326 e. The Morgan fingerprint density at radius 2 is 2.27 bits per heavy atom. The summed E-state index contributed by atoms with van der Waals surface area (Å²) in [5.41, 5.74) is 4.22. The third kappa shape index (κ3) is 1.89. The number of hydrogen-bond acceptors (Lipinski definition) is 3. The minimum absolute atomic E-state index is 0.0366. The van der Waals surface area contributed by atoms with E-state index >= 15 is 0 Å². The molecule has 0 saturated heterocycles. The lowest BCUT2D eigenvalue weighted by molar-refractivity contribution is -0.115. The van der Waals surface area contributed by atoms with Crippen LogP contribution in [-0.2, 0) is 11.2 Å². The topological polar surface area (TPSA) is 96.2 Å². The van der Waals surface area contributed by atoms with Crippen LogP contribution in [0.15, 0.2) is 18.2 Å². The Hall–Kier alpha value is -2.08. The van der Waals surface area contributed by atoms with Crippen molar-refractivity contribution < 1.29 is 9.59 Å². The second-order valence-electron chi connectivity index (χ2n) is 3.20. The molecule has 0 aliphatic carbocycles. The molecule has 0 aromatic heterocycles. The maximum atomic E-state index is 11.1. The fourth-order valence-electron chi connectivity index (χ4n) is 1.47. The summed E-state index contributed by atoms with van der Waals surface area (Å²) in [4.78, 5) is 22.0. The summed E-state index contributed by atoms with van der Waals surface area (Å²) >= 11 is 0. The van der Waals surface area contributed by atoms with Crippen molar-refractivity contribution in [2.24, 2.45) is 5.84 Å². The summed E-state index contributed by atoms with van der Waals surface area (Å²) in [6.07, 6.45) is 0.342. The van der Waals surface area contributed by atoms with Crippen molar-refractivity contribution in [2.45, 2.75) is 6.42 Å². The normalized spacial score (nSPS) is 13.0. The molecule has 6 heteroatoms. The third-order valence-corrected chi connectivity index (χ3v) is 2.12. The van der Waals surface area contributed by atoms with E-state index in [9.17, 15) is 9.59 Å². The van der Waals surface area contributed by atoms with E-state index in [2.05, 4.69) is 10.6 Å². The molecule has 15 heavy (non-hydrogen) atoms. The summed E-state index contributed by atoms with van der Waals surface area (Å²) < 4.78 is 0. The van der Waals surface area contributed by atoms with E-state index in [1.54, 1.807) is 18.2 Å². The number of urea groups is 1. The number of fused-ring (bicyclic) bond motifs is 1. The van der Waals surface area contributed by atoms with Crippen LogP contribution < -0.4 is 21.9 Å². The monoisotopic (exact) mass is 206 g/mol. The highest BCUT2D eigenvalue weighted by Gasteiger charge is 2.17. The van der Waals surface area contributed by atoms with Gasteiger partial charge in [-0.25, -0.2) is 10.6 Å². The molecule has 1 aromatic carbocycles. The van der Waals surface area contributed by atoms with Gasteiger partial charge in [0.2, 0.25) is 5.91 Å². The number of carbonyl (C=O) groups is 2. The van der Waals surface area contributed by atoms with Gasteiger partial charge in [-0.3, -0.25) is 10.2 Å². The lowest BCUT2D eigenvalue weighted by Crippen LogP contribution is -2.34. The third-order valence-electron chi connectivity index (χ3n) is 2.12. The largest absolute Gasteiger partial charge is 0.333 e. The zero-order chi connectivity index (χ0) is 10.8. The van der Waals surface area contributed by atoms with Crippen molar-refractivity contribution in [1.29, 1.82) is 0 Å². The first kappa shape index (κ1) is 9.47. The fourth-order valence-corrected chi connectivity index (χ4v) is 1.47. The first-order chi connectivity index (χ1) is 7.19. The minimum Gasteiger partial charge on any atom is -0.326 e. The van der Waals surface area contributed by atoms with Crippen molar-refractivity contribution in [2.75, 3.05) is 10.6 Å². The second-order valence-corrected chi connectivity index (χ2v) is 3.20. The van der Waals surface area contributed by atoms with Gasteiger partial charge in [-0.2, -0.15) is 0 Å². The number of anilines is 2. The zero-order valence-electron chi connectivity index (χ0n) is 7.83. The van der Waals surface area contributed by atoms with E-state index in [1.807, 2.05) is 5.43 Å². The van der Waals surface area contributed by atoms with Crippen LogP contribution in [0, 0.1) is 0 Å². The molecule has 6 nitrogen and oxygen atoms in total. The Labute approximate surface area is 85.8 Å². The predicted molar refractivity (Wildman–Crippen MR) is 55.1 cm³/mol. The minimum atomic E-state index is -0.493. The summed E-state index contributed by atoms with van der Waals surface area (Å²) in [5.74, 6) is 4.89. The van der Waals surface area contributed by atoms with Gasteiger partial charge in [0.1, 0.15) is 0 Å². The molecule has 5 N–H and O–H groups in total. The summed E-state index contributed by atoms with van der Waals surface area (Å²) in [6.45, 7) is 0. The average molecular weight is 206 g/mol. The van der Waals surface area contributed by atoms with Gasteiger partial charge in [-0.1, -0.05) is 0 Å². The number of carbonyl (C=O) groups excluding carboxylic acids is 2. The highest BCUT2D eigenvalue weighted by Crippen LogP contribution is 2.25. The molecule has 0 atom stereocenters. The molecule has 3 amide bonds. The van der Waals surface area contributed by atoms with E-state index in [1.165, 1.54) is 0 Å². The SMILES string of the molecule is NNC(=O)Nc1ccc2c(c1)CC(=O)N2. The van der Waals surface area contributed by atoms with Crippen LogP contribution in [0.5, 0.6) is 0 Å². The Morgan fingerprint density at radius 3 is 3.00 bits per heavy atom. The standard InChI is InChI=1S/C9H10N4O2/c10-13-9(15)11-6-1-2-7-5(3-6)4-8(14)12-7/h1-3H,4,10H2,(H,12,14)(H2,11,13,15). The molecule has 78 valence electrons. The molecule has 0 fully saturated rings. The molecule has 1 aliphatic heterocycles. The first-order valence-electron chi connectivity index (χ1n) is 4.39. The van der Waals surface area contributed by atoms with E-state index in [0.717, 1.165) is 11.3 Å². The molecule has 0 bridgehead atoms. The van der Waals surface area contributed by atoms with Crippen LogP contribution in [0.3, 0.4) is 0 Å². The fraction of sp³-hybridized carbons (Fsp3) is 0.111. The van der Waals surface area contributed by atoms with Crippen LogP contribution in [0.4, 0.5) is 16.2 Å². The molecular formula is C9H10N4O2. The van der Waals surface area contributed by atoms with Crippen LogP contribution >= 0.6 is 0 Å². The van der Waals surface area contributed by atoms with Crippen LogP contribution in [0.1, 0.15) is 5.56 Å². The lowest BCUT2D eigenvalue weighted by atomic mass is 10.1. The number of nitrogens with two attached hydrogens (primary N) is 1. The van der Waals surface area contributed by atoms with Gasteiger partial charge in [-0.15, -0.1) is 0 Å².